The van der Waals surface area contributed by atoms with Gasteiger partial charge >= 0.3 is 0 Å². The maximum atomic E-state index is 12.7. The molecule has 12 heteroatoms. The Labute approximate surface area is 175 Å². The Bertz CT molecular complexity index is 1050. The van der Waals surface area contributed by atoms with Crippen molar-refractivity contribution in [3.05, 3.63) is 39.6 Å². The van der Waals surface area contributed by atoms with Crippen LogP contribution in [0.5, 0.6) is 0 Å². The van der Waals surface area contributed by atoms with E-state index >= 15 is 0 Å². The number of H-pyrrole nitrogens is 1. The predicted molar refractivity (Wildman–Crippen MR) is 113 cm³/mol. The van der Waals surface area contributed by atoms with Crippen molar-refractivity contribution in [3.8, 4) is 6.07 Å². The van der Waals surface area contributed by atoms with Crippen LogP contribution in [0.25, 0.3) is 0 Å². The Morgan fingerprint density at radius 1 is 1.33 bits per heavy atom. The van der Waals surface area contributed by atoms with Crippen LogP contribution in [0.4, 0.5) is 17.2 Å². The third-order valence-corrected chi connectivity index (χ3v) is 6.85. The highest BCUT2D eigenvalue weighted by atomic mass is 32.2. The second-order valence-corrected chi connectivity index (χ2v) is 8.53. The van der Waals surface area contributed by atoms with E-state index in [9.17, 15) is 18.5 Å². The van der Waals surface area contributed by atoms with Gasteiger partial charge in [0, 0.05) is 32.7 Å². The molecule has 0 saturated heterocycles. The van der Waals surface area contributed by atoms with Crippen LogP contribution in [-0.2, 0) is 16.4 Å². The van der Waals surface area contributed by atoms with Crippen molar-refractivity contribution < 1.29 is 13.3 Å². The van der Waals surface area contributed by atoms with E-state index in [2.05, 4.69) is 10.2 Å². The van der Waals surface area contributed by atoms with Crippen molar-refractivity contribution >= 4 is 27.2 Å². The molecule has 3 N–H and O–H groups in total. The fraction of sp³-hybridized carbons (Fsp3) is 0.444. The fourth-order valence-corrected chi connectivity index (χ4v) is 4.64. The summed E-state index contributed by atoms with van der Waals surface area (Å²) in [5, 5.41) is 27.2. The number of nitrogens with two attached hydrogens (primary N) is 1. The zero-order valence-electron chi connectivity index (χ0n) is 17.1. The molecular formula is C18H25N7O4S. The smallest absolute Gasteiger partial charge is 0.293 e. The molecule has 2 rings (SSSR count). The average Bonchev–Trinajstić information content (AvgIpc) is 3.07. The van der Waals surface area contributed by atoms with Gasteiger partial charge in [0.2, 0.25) is 10.0 Å². The molecule has 11 nitrogen and oxygen atoms in total. The number of nitrogens with one attached hydrogen (secondary N) is 1. The normalized spacial score (nSPS) is 11.4. The maximum absolute atomic E-state index is 12.7. The van der Waals surface area contributed by atoms with E-state index in [1.165, 1.54) is 16.4 Å². The monoisotopic (exact) mass is 435 g/mol. The molecule has 162 valence electrons. The summed E-state index contributed by atoms with van der Waals surface area (Å²) in [5.74, 6) is 0.140. The van der Waals surface area contributed by atoms with Crippen molar-refractivity contribution in [1.82, 2.24) is 14.5 Å². The molecule has 0 spiro atoms. The molecule has 0 unspecified atom stereocenters. The first-order valence-electron chi connectivity index (χ1n) is 9.39. The maximum Gasteiger partial charge on any atom is 0.293 e. The summed E-state index contributed by atoms with van der Waals surface area (Å²) in [7, 11) is -2.11. The summed E-state index contributed by atoms with van der Waals surface area (Å²) < 4.78 is 26.6. The van der Waals surface area contributed by atoms with Gasteiger partial charge in [-0.2, -0.15) is 14.7 Å². The summed E-state index contributed by atoms with van der Waals surface area (Å²) in [5.41, 5.74) is 6.55. The van der Waals surface area contributed by atoms with Gasteiger partial charge in [-0.25, -0.2) is 8.42 Å². The number of nitrogen functional groups attached to an aromatic ring is 1. The number of benzene rings is 1. The Kier molecular flexibility index (Phi) is 7.36. The van der Waals surface area contributed by atoms with Crippen LogP contribution in [-0.4, -0.2) is 54.5 Å². The van der Waals surface area contributed by atoms with E-state index in [1.807, 2.05) is 6.07 Å². The molecule has 0 saturated carbocycles. The molecule has 0 aliphatic heterocycles. The van der Waals surface area contributed by atoms with Gasteiger partial charge < -0.3 is 10.6 Å². The molecule has 30 heavy (non-hydrogen) atoms. The first-order chi connectivity index (χ1) is 14.2. The van der Waals surface area contributed by atoms with Crippen molar-refractivity contribution in [2.75, 3.05) is 37.3 Å². The molecule has 1 heterocycles. The molecule has 0 atom stereocenters. The molecule has 0 fully saturated rings. The number of aromatic nitrogens is 2. The van der Waals surface area contributed by atoms with E-state index in [0.29, 0.717) is 36.3 Å². The standard InChI is InChI=1S/C18H25N7O4S/c1-4-24(5-2)30(28,29)13-8-9-16(17(11-13)25(26)27)23(3)10-6-7-15-14(12-19)18(20)22-21-15/h8-9,11H,4-7,10H2,1-3H3,(H3,20,21,22). The van der Waals surface area contributed by atoms with Crippen molar-refractivity contribution in [1.29, 1.82) is 5.26 Å². The van der Waals surface area contributed by atoms with Gasteiger partial charge in [-0.3, -0.25) is 15.2 Å². The number of nitro groups is 1. The van der Waals surface area contributed by atoms with Crippen molar-refractivity contribution in [2.24, 2.45) is 0 Å². The number of nitrogens with zero attached hydrogens (tertiary/aromatic N) is 5. The number of hydrogen-bond donors (Lipinski definition) is 2. The second kappa shape index (κ2) is 9.55. The lowest BCUT2D eigenvalue weighted by Crippen LogP contribution is -2.30. The van der Waals surface area contributed by atoms with Gasteiger partial charge in [0.05, 0.1) is 15.5 Å². The average molecular weight is 436 g/mol. The van der Waals surface area contributed by atoms with Crippen LogP contribution in [0.3, 0.4) is 0 Å². The minimum absolute atomic E-state index is 0.110. The third kappa shape index (κ3) is 4.69. The number of aromatic amines is 1. The third-order valence-electron chi connectivity index (χ3n) is 4.80. The highest BCUT2D eigenvalue weighted by Crippen LogP contribution is 2.31. The predicted octanol–water partition coefficient (Wildman–Crippen LogP) is 1.87. The quantitative estimate of drug-likeness (QED) is 0.422. The minimum Gasteiger partial charge on any atom is -0.381 e. The second-order valence-electron chi connectivity index (χ2n) is 6.60. The Morgan fingerprint density at radius 2 is 2.00 bits per heavy atom. The topological polar surface area (TPSA) is 162 Å². The van der Waals surface area contributed by atoms with E-state index in [1.54, 1.807) is 25.8 Å². The van der Waals surface area contributed by atoms with Gasteiger partial charge in [0.1, 0.15) is 17.3 Å². The summed E-state index contributed by atoms with van der Waals surface area (Å²) in [6.45, 7) is 4.41. The SMILES string of the molecule is CCN(CC)S(=O)(=O)c1ccc(N(C)CCCc2[nH]nc(N)c2C#N)c([N+](=O)[O-])c1. The van der Waals surface area contributed by atoms with Crippen LogP contribution in [0.2, 0.25) is 0 Å². The van der Waals surface area contributed by atoms with E-state index in [0.717, 1.165) is 6.07 Å². The first-order valence-corrected chi connectivity index (χ1v) is 10.8. The number of hydrogen-bond acceptors (Lipinski definition) is 8. The molecular weight excluding hydrogens is 410 g/mol. The van der Waals surface area contributed by atoms with Crippen molar-refractivity contribution in [2.45, 2.75) is 31.6 Å². The van der Waals surface area contributed by atoms with Crippen molar-refractivity contribution in [3.63, 3.8) is 0 Å². The lowest BCUT2D eigenvalue weighted by Gasteiger charge is -2.21. The zero-order chi connectivity index (χ0) is 22.5. The van der Waals surface area contributed by atoms with Crippen LogP contribution in [0, 0.1) is 21.4 Å². The number of nitro benzene ring substituents is 1. The summed E-state index contributed by atoms with van der Waals surface area (Å²) in [6, 6.07) is 5.93. The molecule has 0 bridgehead atoms. The lowest BCUT2D eigenvalue weighted by atomic mass is 10.1. The molecule has 2 aromatic rings. The highest BCUT2D eigenvalue weighted by molar-refractivity contribution is 7.89. The number of rotatable bonds is 10. The van der Waals surface area contributed by atoms with Crippen LogP contribution < -0.4 is 10.6 Å². The van der Waals surface area contributed by atoms with Gasteiger partial charge in [-0.15, -0.1) is 0 Å². The molecule has 0 aliphatic carbocycles. The van der Waals surface area contributed by atoms with Crippen LogP contribution in [0.15, 0.2) is 23.1 Å². The summed E-state index contributed by atoms with van der Waals surface area (Å²) >= 11 is 0. The van der Waals surface area contributed by atoms with Crippen LogP contribution >= 0.6 is 0 Å². The molecule has 0 radical (unpaired) electrons. The Balaban J connectivity index is 2.22. The summed E-state index contributed by atoms with van der Waals surface area (Å²) in [6.07, 6.45) is 1.06. The number of anilines is 2. The van der Waals surface area contributed by atoms with Gasteiger partial charge in [-0.1, -0.05) is 13.8 Å². The van der Waals surface area contributed by atoms with Crippen LogP contribution in [0.1, 0.15) is 31.5 Å². The Hall–Kier alpha value is -3.17. The minimum atomic E-state index is -3.80. The van der Waals surface area contributed by atoms with Gasteiger partial charge in [-0.05, 0) is 25.0 Å². The number of sulfonamides is 1. The zero-order valence-corrected chi connectivity index (χ0v) is 17.9. The molecule has 0 aliphatic rings. The molecule has 1 aromatic carbocycles. The fourth-order valence-electron chi connectivity index (χ4n) is 3.16. The largest absolute Gasteiger partial charge is 0.381 e. The lowest BCUT2D eigenvalue weighted by molar-refractivity contribution is -0.384. The van der Waals surface area contributed by atoms with Gasteiger partial charge in [0.15, 0.2) is 5.82 Å². The molecule has 1 aromatic heterocycles. The first kappa shape index (κ1) is 23.1. The Morgan fingerprint density at radius 3 is 2.57 bits per heavy atom. The van der Waals surface area contributed by atoms with E-state index in [4.69, 9.17) is 11.0 Å². The van der Waals surface area contributed by atoms with E-state index in [-0.39, 0.29) is 29.5 Å². The highest BCUT2D eigenvalue weighted by Gasteiger charge is 2.26. The summed E-state index contributed by atoms with van der Waals surface area (Å²) in [4.78, 5) is 12.6. The number of nitriles is 1. The van der Waals surface area contributed by atoms with Gasteiger partial charge in [0.25, 0.3) is 5.69 Å². The van der Waals surface area contributed by atoms with E-state index < -0.39 is 14.9 Å². The number of aryl methyl sites for hydroxylation is 1. The molecule has 0 amide bonds.